The van der Waals surface area contributed by atoms with Crippen molar-refractivity contribution in [2.45, 2.75) is 25.8 Å². The molecule has 2 aromatic rings. The number of hydrogen-bond donors (Lipinski definition) is 2. The van der Waals surface area contributed by atoms with E-state index < -0.39 is 0 Å². The Morgan fingerprint density at radius 1 is 1.24 bits per heavy atom. The summed E-state index contributed by atoms with van der Waals surface area (Å²) in [5.41, 5.74) is 7.55. The van der Waals surface area contributed by atoms with Gasteiger partial charge in [-0.25, -0.2) is 4.98 Å². The predicted octanol–water partition coefficient (Wildman–Crippen LogP) is 1.56. The first kappa shape index (κ1) is 11.7. The van der Waals surface area contributed by atoms with Crippen molar-refractivity contribution in [1.82, 2.24) is 15.2 Å². The van der Waals surface area contributed by atoms with Gasteiger partial charge in [0.25, 0.3) is 0 Å². The van der Waals surface area contributed by atoms with E-state index in [1.165, 1.54) is 0 Å². The van der Waals surface area contributed by atoms with Crippen molar-refractivity contribution < 1.29 is 0 Å². The summed E-state index contributed by atoms with van der Waals surface area (Å²) in [6.45, 7) is 2.79. The number of fused-ring (bicyclic) bond motifs is 1. The minimum Gasteiger partial charge on any atom is -0.351 e. The van der Waals surface area contributed by atoms with E-state index in [2.05, 4.69) is 27.4 Å². The van der Waals surface area contributed by atoms with Crippen LogP contribution in [0.1, 0.15) is 19.8 Å². The summed E-state index contributed by atoms with van der Waals surface area (Å²) in [6, 6.07) is 7.80. The van der Waals surface area contributed by atoms with Crippen LogP contribution < -0.4 is 11.1 Å². The van der Waals surface area contributed by atoms with Crippen molar-refractivity contribution in [3.63, 3.8) is 0 Å². The maximum Gasteiger partial charge on any atom is 0.243 e. The number of benzene rings is 1. The van der Waals surface area contributed by atoms with Crippen LogP contribution in [0, 0.1) is 0 Å². The van der Waals surface area contributed by atoms with E-state index in [1.54, 1.807) is 0 Å². The van der Waals surface area contributed by atoms with Crippen molar-refractivity contribution in [3.05, 3.63) is 24.3 Å². The van der Waals surface area contributed by atoms with Gasteiger partial charge in [-0.1, -0.05) is 25.5 Å². The van der Waals surface area contributed by atoms with E-state index in [1.807, 2.05) is 24.3 Å². The van der Waals surface area contributed by atoms with E-state index in [9.17, 15) is 0 Å². The second kappa shape index (κ2) is 5.54. The van der Waals surface area contributed by atoms with Crippen molar-refractivity contribution in [1.29, 1.82) is 0 Å². The summed E-state index contributed by atoms with van der Waals surface area (Å²) in [6.07, 6.45) is 2.08. The van der Waals surface area contributed by atoms with Crippen molar-refractivity contribution >= 4 is 17.0 Å². The van der Waals surface area contributed by atoms with Crippen molar-refractivity contribution in [2.24, 2.45) is 5.73 Å². The Morgan fingerprint density at radius 3 is 2.76 bits per heavy atom. The number of rotatable bonds is 5. The Kier molecular flexibility index (Phi) is 3.82. The van der Waals surface area contributed by atoms with Crippen LogP contribution in [0.25, 0.3) is 11.0 Å². The van der Waals surface area contributed by atoms with Gasteiger partial charge in [0.2, 0.25) is 5.95 Å². The molecule has 0 bridgehead atoms. The lowest BCUT2D eigenvalue weighted by molar-refractivity contribution is 0.624. The molecule has 17 heavy (non-hydrogen) atoms. The number of para-hydroxylation sites is 1. The smallest absolute Gasteiger partial charge is 0.243 e. The van der Waals surface area contributed by atoms with Crippen LogP contribution in [0.3, 0.4) is 0 Å². The number of nitrogens with zero attached hydrogens (tertiary/aromatic N) is 3. The van der Waals surface area contributed by atoms with Crippen LogP contribution in [-0.2, 0) is 0 Å². The van der Waals surface area contributed by atoms with E-state index in [-0.39, 0.29) is 6.04 Å². The molecule has 5 nitrogen and oxygen atoms in total. The fraction of sp³-hybridized carbons (Fsp3) is 0.417. The summed E-state index contributed by atoms with van der Waals surface area (Å²) in [5.74, 6) is 0.537. The Balaban J connectivity index is 2.04. The van der Waals surface area contributed by atoms with Crippen LogP contribution in [0.5, 0.6) is 0 Å². The second-order valence-corrected chi connectivity index (χ2v) is 4.05. The molecule has 3 N–H and O–H groups in total. The standard InChI is InChI=1S/C12H17N5/c1-2-5-9(13)8-14-12-15-10-6-3-4-7-11(10)16-17-12/h3-4,6-7,9H,2,5,8,13H2,1H3,(H,14,15,17). The summed E-state index contributed by atoms with van der Waals surface area (Å²) in [5, 5.41) is 11.2. The average Bonchev–Trinajstić information content (AvgIpc) is 2.36. The molecular weight excluding hydrogens is 214 g/mol. The molecule has 1 heterocycles. The van der Waals surface area contributed by atoms with Crippen molar-refractivity contribution in [2.75, 3.05) is 11.9 Å². The Labute approximate surface area is 100 Å². The third-order valence-corrected chi connectivity index (χ3v) is 2.54. The quantitative estimate of drug-likeness (QED) is 0.816. The van der Waals surface area contributed by atoms with E-state index in [4.69, 9.17) is 5.73 Å². The van der Waals surface area contributed by atoms with Gasteiger partial charge in [-0.2, -0.15) is 0 Å². The van der Waals surface area contributed by atoms with Gasteiger partial charge >= 0.3 is 0 Å². The molecule has 0 aliphatic rings. The minimum atomic E-state index is 0.134. The summed E-state index contributed by atoms with van der Waals surface area (Å²) in [7, 11) is 0. The summed E-state index contributed by atoms with van der Waals surface area (Å²) < 4.78 is 0. The molecule has 1 atom stereocenters. The van der Waals surface area contributed by atoms with Crippen LogP contribution >= 0.6 is 0 Å². The Morgan fingerprint density at radius 2 is 2.00 bits per heavy atom. The molecule has 0 amide bonds. The summed E-state index contributed by atoms with van der Waals surface area (Å²) >= 11 is 0. The Bertz CT molecular complexity index is 485. The van der Waals surface area contributed by atoms with Gasteiger partial charge in [-0.15, -0.1) is 10.2 Å². The first-order chi connectivity index (χ1) is 8.29. The lowest BCUT2D eigenvalue weighted by Crippen LogP contribution is -2.29. The number of aromatic nitrogens is 3. The molecule has 0 saturated carbocycles. The second-order valence-electron chi connectivity index (χ2n) is 4.05. The van der Waals surface area contributed by atoms with E-state index >= 15 is 0 Å². The largest absolute Gasteiger partial charge is 0.351 e. The highest BCUT2D eigenvalue weighted by atomic mass is 15.2. The van der Waals surface area contributed by atoms with Gasteiger partial charge in [0.1, 0.15) is 5.52 Å². The van der Waals surface area contributed by atoms with Crippen LogP contribution in [0.4, 0.5) is 5.95 Å². The maximum absolute atomic E-state index is 5.91. The topological polar surface area (TPSA) is 76.7 Å². The highest BCUT2D eigenvalue weighted by Gasteiger charge is 2.03. The van der Waals surface area contributed by atoms with Crippen molar-refractivity contribution in [3.8, 4) is 0 Å². The number of nitrogens with one attached hydrogen (secondary N) is 1. The SMILES string of the molecule is CCCC(N)CNc1nnc2ccccc2n1. The maximum atomic E-state index is 5.91. The first-order valence-corrected chi connectivity index (χ1v) is 5.88. The molecule has 0 spiro atoms. The van der Waals surface area contributed by atoms with Gasteiger partial charge in [0.05, 0.1) is 5.52 Å². The van der Waals surface area contributed by atoms with Crippen LogP contribution in [-0.4, -0.2) is 27.8 Å². The third-order valence-electron chi connectivity index (χ3n) is 2.54. The monoisotopic (exact) mass is 231 g/mol. The molecule has 90 valence electrons. The van der Waals surface area contributed by atoms with E-state index in [0.717, 1.165) is 23.9 Å². The number of nitrogens with two attached hydrogens (primary N) is 1. The lowest BCUT2D eigenvalue weighted by Gasteiger charge is -2.10. The molecule has 0 saturated heterocycles. The van der Waals surface area contributed by atoms with Gasteiger partial charge in [-0.3, -0.25) is 0 Å². The van der Waals surface area contributed by atoms with E-state index in [0.29, 0.717) is 12.5 Å². The van der Waals surface area contributed by atoms with Gasteiger partial charge < -0.3 is 11.1 Å². The normalized spacial score (nSPS) is 12.6. The molecule has 0 fully saturated rings. The predicted molar refractivity (Wildman–Crippen MR) is 68.7 cm³/mol. The summed E-state index contributed by atoms with van der Waals surface area (Å²) in [4.78, 5) is 4.37. The molecule has 1 unspecified atom stereocenters. The zero-order valence-electron chi connectivity index (χ0n) is 9.93. The molecule has 0 aliphatic heterocycles. The average molecular weight is 231 g/mol. The molecule has 0 aliphatic carbocycles. The van der Waals surface area contributed by atoms with Gasteiger partial charge in [-0.05, 0) is 18.6 Å². The molecule has 1 aromatic heterocycles. The molecule has 5 heteroatoms. The number of hydrogen-bond acceptors (Lipinski definition) is 5. The minimum absolute atomic E-state index is 0.134. The van der Waals surface area contributed by atoms with Gasteiger partial charge in [0.15, 0.2) is 0 Å². The fourth-order valence-electron chi connectivity index (χ4n) is 1.65. The molecule has 1 aromatic carbocycles. The molecule has 0 radical (unpaired) electrons. The molecular formula is C12H17N5. The lowest BCUT2D eigenvalue weighted by atomic mass is 10.2. The highest BCUT2D eigenvalue weighted by molar-refractivity contribution is 5.73. The number of anilines is 1. The third kappa shape index (κ3) is 3.10. The molecule has 2 rings (SSSR count). The Hall–Kier alpha value is -1.75. The highest BCUT2D eigenvalue weighted by Crippen LogP contribution is 2.08. The van der Waals surface area contributed by atoms with Crippen LogP contribution in [0.2, 0.25) is 0 Å². The fourth-order valence-corrected chi connectivity index (χ4v) is 1.65. The zero-order chi connectivity index (χ0) is 12.1. The zero-order valence-corrected chi connectivity index (χ0v) is 9.93. The van der Waals surface area contributed by atoms with Gasteiger partial charge in [0, 0.05) is 12.6 Å². The first-order valence-electron chi connectivity index (χ1n) is 5.88. The van der Waals surface area contributed by atoms with Crippen LogP contribution in [0.15, 0.2) is 24.3 Å².